The number of carbonyl (C=O) groups excluding carboxylic acids is 3. The van der Waals surface area contributed by atoms with Gasteiger partial charge in [0, 0.05) is 11.5 Å². The van der Waals surface area contributed by atoms with Crippen LogP contribution in [-0.4, -0.2) is 99.5 Å². The highest BCUT2D eigenvalue weighted by Crippen LogP contribution is 2.33. The molecule has 17 nitrogen and oxygen atoms in total. The third-order valence-corrected chi connectivity index (χ3v) is 10.7. The average molecular weight is 839 g/mol. The van der Waals surface area contributed by atoms with E-state index in [0.29, 0.717) is 17.5 Å². The predicted molar refractivity (Wildman–Crippen MR) is 219 cm³/mol. The van der Waals surface area contributed by atoms with Crippen molar-refractivity contribution < 1.29 is 53.4 Å². The number of nitrogens with one attached hydrogen (secondary N) is 2. The Morgan fingerprint density at radius 2 is 1.18 bits per heavy atom. The van der Waals surface area contributed by atoms with E-state index in [1.165, 1.54) is 4.90 Å². The molecular formula is C44H50N6O11. The van der Waals surface area contributed by atoms with Crippen LogP contribution in [-0.2, 0) is 50.0 Å². The van der Waals surface area contributed by atoms with Crippen molar-refractivity contribution >= 4 is 18.3 Å². The number of nitrogens with zero attached hydrogens (tertiary/aromatic N) is 4. The summed E-state index contributed by atoms with van der Waals surface area (Å²) < 4.78 is 29.2. The maximum absolute atomic E-state index is 13.8. The number of hydrogen-bond acceptors (Lipinski definition) is 12. The van der Waals surface area contributed by atoms with E-state index in [0.717, 1.165) is 11.1 Å². The van der Waals surface area contributed by atoms with Crippen molar-refractivity contribution in [1.29, 1.82) is 0 Å². The Bertz CT molecular complexity index is 2050. The summed E-state index contributed by atoms with van der Waals surface area (Å²) in [5.41, 5.74) is 12.5. The fourth-order valence-electron chi connectivity index (χ4n) is 7.32. The van der Waals surface area contributed by atoms with Crippen molar-refractivity contribution in [2.45, 2.75) is 107 Å². The van der Waals surface area contributed by atoms with E-state index >= 15 is 0 Å². The first-order valence-corrected chi connectivity index (χ1v) is 20.0. The maximum Gasteiger partial charge on any atom is 0.410 e. The summed E-state index contributed by atoms with van der Waals surface area (Å²) in [6, 6.07) is 31.5. The van der Waals surface area contributed by atoms with E-state index in [1.54, 1.807) is 67.6 Å². The van der Waals surface area contributed by atoms with Crippen molar-refractivity contribution in [1.82, 2.24) is 15.5 Å². The molecule has 1 aliphatic carbocycles. The van der Waals surface area contributed by atoms with E-state index in [9.17, 15) is 35.2 Å². The molecule has 5 N–H and O–H groups in total. The maximum atomic E-state index is 13.8. The Balaban J connectivity index is 1.21. The topological polar surface area (TPSA) is 234 Å². The molecule has 17 heteroatoms. The van der Waals surface area contributed by atoms with Crippen LogP contribution in [0.1, 0.15) is 42.0 Å². The molecule has 1 unspecified atom stereocenters. The van der Waals surface area contributed by atoms with Gasteiger partial charge in [-0.15, -0.1) is 0 Å². The standard InChI is InChI=1S/C44H50N6O11/c1-28(50(24-29-14-6-2-7-15-29)44(56)59-27-32-20-12-5-13-21-32)34-23-22-33(48-49-45)41(60-34)61-40-36(47-43(55)58-26-31-18-10-4-11-19-31)37(51)35(38(52)39(40)53)46-42(54)57-25-30-16-8-3-9-17-30/h2-21,28,33-41,51-53H,22-27H2,1H3,(H,46,54)(H,47,55)/t28-,33-,34+,35-,36+,37-,38+,39-,40-,41?/m1/s1. The number of azide groups is 1. The molecule has 1 aliphatic heterocycles. The molecule has 1 heterocycles. The summed E-state index contributed by atoms with van der Waals surface area (Å²) in [5, 5.41) is 43.6. The van der Waals surface area contributed by atoms with Gasteiger partial charge in [0.2, 0.25) is 0 Å². The Morgan fingerprint density at radius 1 is 0.705 bits per heavy atom. The average Bonchev–Trinajstić information content (AvgIpc) is 3.29. The van der Waals surface area contributed by atoms with Gasteiger partial charge < -0.3 is 49.6 Å². The lowest BCUT2D eigenvalue weighted by Gasteiger charge is -2.48. The molecule has 0 aromatic heterocycles. The molecule has 0 radical (unpaired) electrons. The molecule has 1 saturated heterocycles. The largest absolute Gasteiger partial charge is 0.445 e. The molecule has 4 aromatic carbocycles. The highest BCUT2D eigenvalue weighted by Gasteiger charge is 2.53. The van der Waals surface area contributed by atoms with Crippen LogP contribution in [0.15, 0.2) is 126 Å². The summed E-state index contributed by atoms with van der Waals surface area (Å²) in [6.07, 6.45) is -11.4. The molecule has 6 rings (SSSR count). The van der Waals surface area contributed by atoms with E-state index in [4.69, 9.17) is 23.7 Å². The summed E-state index contributed by atoms with van der Waals surface area (Å²) in [7, 11) is 0. The number of carbonyl (C=O) groups is 3. The van der Waals surface area contributed by atoms with Crippen LogP contribution in [0.25, 0.3) is 10.4 Å². The molecule has 4 aromatic rings. The van der Waals surface area contributed by atoms with Gasteiger partial charge >= 0.3 is 18.3 Å². The smallest absolute Gasteiger partial charge is 0.410 e. The monoisotopic (exact) mass is 838 g/mol. The Kier molecular flexibility index (Phi) is 15.9. The van der Waals surface area contributed by atoms with Gasteiger partial charge in [-0.1, -0.05) is 126 Å². The fourth-order valence-corrected chi connectivity index (χ4v) is 7.32. The van der Waals surface area contributed by atoms with E-state index in [2.05, 4.69) is 20.7 Å². The number of hydrogen-bond donors (Lipinski definition) is 5. The number of amides is 3. The number of aliphatic hydroxyl groups excluding tert-OH is 3. The van der Waals surface area contributed by atoms with Gasteiger partial charge in [0.15, 0.2) is 6.29 Å². The van der Waals surface area contributed by atoms with Crippen molar-refractivity contribution in [3.63, 3.8) is 0 Å². The number of rotatable bonds is 15. The predicted octanol–water partition coefficient (Wildman–Crippen LogP) is 5.47. The molecule has 322 valence electrons. The van der Waals surface area contributed by atoms with Crippen molar-refractivity contribution in [2.75, 3.05) is 0 Å². The zero-order valence-electron chi connectivity index (χ0n) is 33.5. The first-order chi connectivity index (χ1) is 29.6. The lowest BCUT2D eigenvalue weighted by atomic mass is 9.81. The summed E-state index contributed by atoms with van der Waals surface area (Å²) in [5.74, 6) is 0. The van der Waals surface area contributed by atoms with Gasteiger partial charge in [-0.25, -0.2) is 14.4 Å². The highest BCUT2D eigenvalue weighted by atomic mass is 16.7. The van der Waals surface area contributed by atoms with Crippen LogP contribution in [0, 0.1) is 0 Å². The van der Waals surface area contributed by atoms with Gasteiger partial charge in [-0.3, -0.25) is 4.90 Å². The number of alkyl carbamates (subject to hydrolysis) is 2. The van der Waals surface area contributed by atoms with E-state index in [1.807, 2.05) is 60.7 Å². The first-order valence-electron chi connectivity index (χ1n) is 20.0. The zero-order valence-corrected chi connectivity index (χ0v) is 33.5. The molecule has 0 spiro atoms. The molecule has 3 amide bonds. The summed E-state index contributed by atoms with van der Waals surface area (Å²) >= 11 is 0. The van der Waals surface area contributed by atoms with Crippen LogP contribution in [0.4, 0.5) is 14.4 Å². The van der Waals surface area contributed by atoms with Gasteiger partial charge in [0.1, 0.15) is 38.1 Å². The second-order valence-corrected chi connectivity index (χ2v) is 14.8. The first kappa shape index (κ1) is 44.4. The SMILES string of the molecule is C[C@H]([C@@H]1CC[C@@H](N=[N+]=[N-])C(O[C@H]2[C@H](O)[C@@H](O)[C@H](NC(=O)OCc3ccccc3)[C@@H](O)[C@@H]2NC(=O)OCc2ccccc2)O1)N(Cc1ccccc1)C(=O)OCc1ccccc1. The van der Waals surface area contributed by atoms with Crippen LogP contribution in [0.5, 0.6) is 0 Å². The zero-order chi connectivity index (χ0) is 43.1. The van der Waals surface area contributed by atoms with Crippen LogP contribution in [0.2, 0.25) is 0 Å². The molecule has 1 saturated carbocycles. The summed E-state index contributed by atoms with van der Waals surface area (Å²) in [4.78, 5) is 44.5. The van der Waals surface area contributed by atoms with E-state index < -0.39 is 79.3 Å². The minimum absolute atomic E-state index is 0.0287. The third-order valence-electron chi connectivity index (χ3n) is 10.7. The van der Waals surface area contributed by atoms with Crippen LogP contribution >= 0.6 is 0 Å². The minimum Gasteiger partial charge on any atom is -0.445 e. The van der Waals surface area contributed by atoms with Gasteiger partial charge in [0.25, 0.3) is 0 Å². The van der Waals surface area contributed by atoms with Crippen molar-refractivity contribution in [3.05, 3.63) is 154 Å². The number of ether oxygens (including phenoxy) is 5. The normalized spacial score (nSPS) is 25.1. The Labute approximate surface area is 352 Å². The molecule has 0 bridgehead atoms. The van der Waals surface area contributed by atoms with Gasteiger partial charge in [-0.05, 0) is 47.6 Å². The molecular weight excluding hydrogens is 789 g/mol. The highest BCUT2D eigenvalue weighted by molar-refractivity contribution is 5.69. The second kappa shape index (κ2) is 21.9. The van der Waals surface area contributed by atoms with Gasteiger partial charge in [-0.2, -0.15) is 0 Å². The lowest BCUT2D eigenvalue weighted by Crippen LogP contribution is -2.73. The third kappa shape index (κ3) is 12.2. The number of benzene rings is 4. The number of aliphatic hydroxyl groups is 3. The van der Waals surface area contributed by atoms with E-state index in [-0.39, 0.29) is 32.8 Å². The molecule has 10 atom stereocenters. The molecule has 61 heavy (non-hydrogen) atoms. The summed E-state index contributed by atoms with van der Waals surface area (Å²) in [6.45, 7) is 1.71. The van der Waals surface area contributed by atoms with Crippen molar-refractivity contribution in [3.8, 4) is 0 Å². The Morgan fingerprint density at radius 3 is 1.69 bits per heavy atom. The second-order valence-electron chi connectivity index (χ2n) is 14.8. The quantitative estimate of drug-likeness (QED) is 0.0436. The van der Waals surface area contributed by atoms with Crippen LogP contribution < -0.4 is 10.6 Å². The lowest BCUT2D eigenvalue weighted by molar-refractivity contribution is -0.269. The molecule has 2 aliphatic rings. The minimum atomic E-state index is -1.88. The fraction of sp³-hybridized carbons (Fsp3) is 0.386. The van der Waals surface area contributed by atoms with Gasteiger partial charge in [0.05, 0.1) is 36.4 Å². The van der Waals surface area contributed by atoms with Crippen molar-refractivity contribution in [2.24, 2.45) is 5.11 Å². The molecule has 2 fully saturated rings. The Hall–Kier alpha value is -6.20. The van der Waals surface area contributed by atoms with Crippen LogP contribution in [0.3, 0.4) is 0 Å².